The first-order chi connectivity index (χ1) is 5.35. The normalized spacial score (nSPS) is 12.5. The van der Waals surface area contributed by atoms with Crippen LogP contribution in [0.4, 0.5) is 0 Å². The maximum atomic E-state index is 5.18. The van der Waals surface area contributed by atoms with Gasteiger partial charge in [-0.1, -0.05) is 0 Å². The molecule has 0 aliphatic carbocycles. The number of thioether (sulfide) groups is 1. The molecule has 64 valence electrons. The van der Waals surface area contributed by atoms with Gasteiger partial charge < -0.3 is 5.32 Å². The lowest BCUT2D eigenvalue weighted by Gasteiger charge is -2.13. The second-order valence-electron chi connectivity index (χ2n) is 2.51. The van der Waals surface area contributed by atoms with Gasteiger partial charge in [0.1, 0.15) is 0 Å². The van der Waals surface area contributed by atoms with E-state index in [0.717, 1.165) is 12.8 Å². The van der Waals surface area contributed by atoms with E-state index >= 15 is 0 Å². The summed E-state index contributed by atoms with van der Waals surface area (Å²) in [4.78, 5) is 0. The van der Waals surface area contributed by atoms with E-state index in [9.17, 15) is 0 Å². The second-order valence-corrected chi connectivity index (χ2v) is 3.50. The van der Waals surface area contributed by atoms with Crippen molar-refractivity contribution in [2.45, 2.75) is 25.3 Å². The molecule has 0 fully saturated rings. The van der Waals surface area contributed by atoms with Gasteiger partial charge in [-0.2, -0.15) is 11.8 Å². The van der Waals surface area contributed by atoms with Crippen molar-refractivity contribution in [1.29, 1.82) is 0 Å². The van der Waals surface area contributed by atoms with Gasteiger partial charge in [-0.15, -0.1) is 12.3 Å². The summed E-state index contributed by atoms with van der Waals surface area (Å²) in [6, 6.07) is 0.610. The Balaban J connectivity index is 3.34. The Labute approximate surface area is 74.3 Å². The van der Waals surface area contributed by atoms with Crippen LogP contribution in [0.2, 0.25) is 0 Å². The molecule has 1 unspecified atom stereocenters. The third kappa shape index (κ3) is 6.28. The Bertz CT molecular complexity index is 117. The molecule has 0 aromatic carbocycles. The zero-order valence-electron chi connectivity index (χ0n) is 7.39. The van der Waals surface area contributed by atoms with E-state index in [1.807, 2.05) is 18.8 Å². The van der Waals surface area contributed by atoms with Crippen molar-refractivity contribution in [3.63, 3.8) is 0 Å². The highest BCUT2D eigenvalue weighted by molar-refractivity contribution is 7.98. The summed E-state index contributed by atoms with van der Waals surface area (Å²) in [5.74, 6) is 3.88. The molecular weight excluding hydrogens is 154 g/mol. The molecule has 0 heterocycles. The maximum absolute atomic E-state index is 5.18. The molecule has 1 N–H and O–H groups in total. The Hall–Kier alpha value is -0.130. The summed E-state index contributed by atoms with van der Waals surface area (Å²) >= 11 is 1.89. The molecule has 0 aromatic heterocycles. The molecule has 0 saturated carbocycles. The summed E-state index contributed by atoms with van der Waals surface area (Å²) in [5, 5.41) is 3.26. The third-order valence-electron chi connectivity index (χ3n) is 1.72. The van der Waals surface area contributed by atoms with Crippen LogP contribution in [0.15, 0.2) is 0 Å². The lowest BCUT2D eigenvalue weighted by atomic mass is 10.1. The Kier molecular flexibility index (Phi) is 7.88. The van der Waals surface area contributed by atoms with Gasteiger partial charge in [0.2, 0.25) is 0 Å². The number of terminal acetylenes is 1. The molecule has 1 nitrogen and oxygen atoms in total. The topological polar surface area (TPSA) is 12.0 Å². The molecule has 0 aliphatic rings. The van der Waals surface area contributed by atoms with Crippen LogP contribution in [0.3, 0.4) is 0 Å². The van der Waals surface area contributed by atoms with Crippen LogP contribution in [0, 0.1) is 12.3 Å². The molecule has 0 bridgehead atoms. The lowest BCUT2D eigenvalue weighted by molar-refractivity contribution is 0.519. The van der Waals surface area contributed by atoms with Gasteiger partial charge in [0.05, 0.1) is 0 Å². The van der Waals surface area contributed by atoms with Crippen molar-refractivity contribution in [3.8, 4) is 12.3 Å². The molecule has 0 spiro atoms. The third-order valence-corrected chi connectivity index (χ3v) is 2.36. The first kappa shape index (κ1) is 10.9. The molecule has 0 amide bonds. The van der Waals surface area contributed by atoms with E-state index in [1.165, 1.54) is 12.2 Å². The zero-order valence-corrected chi connectivity index (χ0v) is 8.21. The highest BCUT2D eigenvalue weighted by Gasteiger charge is 2.02. The van der Waals surface area contributed by atoms with Crippen molar-refractivity contribution in [2.75, 3.05) is 19.1 Å². The van der Waals surface area contributed by atoms with E-state index in [2.05, 4.69) is 17.5 Å². The van der Waals surface area contributed by atoms with Crippen LogP contribution in [0.5, 0.6) is 0 Å². The van der Waals surface area contributed by atoms with Gasteiger partial charge in [-0.05, 0) is 31.9 Å². The molecule has 0 aromatic rings. The van der Waals surface area contributed by atoms with E-state index < -0.39 is 0 Å². The van der Waals surface area contributed by atoms with Crippen molar-refractivity contribution in [2.24, 2.45) is 0 Å². The predicted octanol–water partition coefficient (Wildman–Crippen LogP) is 1.74. The quantitative estimate of drug-likeness (QED) is 0.611. The van der Waals surface area contributed by atoms with E-state index in [1.54, 1.807) is 0 Å². The predicted molar refractivity (Wildman–Crippen MR) is 53.9 cm³/mol. The number of hydrogen-bond donors (Lipinski definition) is 1. The average molecular weight is 171 g/mol. The minimum atomic E-state index is 0.610. The van der Waals surface area contributed by atoms with Gasteiger partial charge in [0.15, 0.2) is 0 Å². The summed E-state index contributed by atoms with van der Waals surface area (Å²) in [6.45, 7) is 0. The molecule has 0 saturated heterocycles. The number of rotatable bonds is 6. The first-order valence-electron chi connectivity index (χ1n) is 3.94. The first-order valence-corrected chi connectivity index (χ1v) is 5.34. The fourth-order valence-corrected chi connectivity index (χ4v) is 1.47. The molecule has 11 heavy (non-hydrogen) atoms. The van der Waals surface area contributed by atoms with Crippen LogP contribution in [0.1, 0.15) is 19.3 Å². The highest BCUT2D eigenvalue weighted by atomic mass is 32.2. The Morgan fingerprint density at radius 2 is 2.27 bits per heavy atom. The van der Waals surface area contributed by atoms with Crippen molar-refractivity contribution in [1.82, 2.24) is 5.32 Å². The average Bonchev–Trinajstić information content (AvgIpc) is 2.05. The highest BCUT2D eigenvalue weighted by Crippen LogP contribution is 2.05. The Morgan fingerprint density at radius 3 is 2.73 bits per heavy atom. The number of nitrogens with one attached hydrogen (secondary N) is 1. The summed E-state index contributed by atoms with van der Waals surface area (Å²) < 4.78 is 0. The van der Waals surface area contributed by atoms with Crippen molar-refractivity contribution >= 4 is 11.8 Å². The monoisotopic (exact) mass is 171 g/mol. The molecular formula is C9H17NS. The molecule has 1 atom stereocenters. The summed E-state index contributed by atoms with van der Waals surface area (Å²) in [7, 11) is 2.00. The van der Waals surface area contributed by atoms with Gasteiger partial charge in [-0.25, -0.2) is 0 Å². The summed E-state index contributed by atoms with van der Waals surface area (Å²) in [5.41, 5.74) is 0. The van der Waals surface area contributed by atoms with Crippen LogP contribution in [-0.4, -0.2) is 25.1 Å². The van der Waals surface area contributed by atoms with Gasteiger partial charge in [0.25, 0.3) is 0 Å². The van der Waals surface area contributed by atoms with Crippen LogP contribution in [-0.2, 0) is 0 Å². The van der Waals surface area contributed by atoms with Gasteiger partial charge >= 0.3 is 0 Å². The van der Waals surface area contributed by atoms with E-state index in [4.69, 9.17) is 6.42 Å². The molecule has 0 rings (SSSR count). The van der Waals surface area contributed by atoms with E-state index in [-0.39, 0.29) is 0 Å². The van der Waals surface area contributed by atoms with Crippen LogP contribution >= 0.6 is 11.8 Å². The largest absolute Gasteiger partial charge is 0.317 e. The SMILES string of the molecule is C#CCCC(CCSC)NC. The van der Waals surface area contributed by atoms with Gasteiger partial charge in [0, 0.05) is 12.5 Å². The van der Waals surface area contributed by atoms with Crippen LogP contribution < -0.4 is 5.32 Å². The molecule has 0 radical (unpaired) electrons. The minimum absolute atomic E-state index is 0.610. The standard InChI is InChI=1S/C9H17NS/c1-4-5-6-9(10-2)7-8-11-3/h1,9-10H,5-8H2,2-3H3. The fourth-order valence-electron chi connectivity index (χ4n) is 0.951. The van der Waals surface area contributed by atoms with Crippen molar-refractivity contribution < 1.29 is 0 Å². The minimum Gasteiger partial charge on any atom is -0.317 e. The lowest BCUT2D eigenvalue weighted by Crippen LogP contribution is -2.25. The molecule has 0 aliphatic heterocycles. The van der Waals surface area contributed by atoms with E-state index in [0.29, 0.717) is 6.04 Å². The van der Waals surface area contributed by atoms with Gasteiger partial charge in [-0.3, -0.25) is 0 Å². The van der Waals surface area contributed by atoms with Crippen molar-refractivity contribution in [3.05, 3.63) is 0 Å². The molecule has 2 heteroatoms. The summed E-state index contributed by atoms with van der Waals surface area (Å²) in [6.07, 6.45) is 10.5. The second kappa shape index (κ2) is 7.97. The van der Waals surface area contributed by atoms with Crippen LogP contribution in [0.25, 0.3) is 0 Å². The smallest absolute Gasteiger partial charge is 0.0101 e. The fraction of sp³-hybridized carbons (Fsp3) is 0.778. The zero-order chi connectivity index (χ0) is 8.53. The number of hydrogen-bond acceptors (Lipinski definition) is 2. The Morgan fingerprint density at radius 1 is 1.55 bits per heavy atom. The maximum Gasteiger partial charge on any atom is 0.0101 e.